The molecule has 0 aliphatic carbocycles. The smallest absolute Gasteiger partial charge is 0.236 e. The van der Waals surface area contributed by atoms with Crippen molar-refractivity contribution in [2.45, 2.75) is 44.8 Å². The van der Waals surface area contributed by atoms with Gasteiger partial charge in [-0.1, -0.05) is 37.9 Å². The highest BCUT2D eigenvalue weighted by Crippen LogP contribution is 2.32. The van der Waals surface area contributed by atoms with E-state index in [4.69, 9.17) is 9.97 Å². The molecule has 0 amide bonds. The number of nitrogens with zero attached hydrogens (tertiary/aromatic N) is 3. The highest BCUT2D eigenvalue weighted by molar-refractivity contribution is 7.99. The lowest BCUT2D eigenvalue weighted by Crippen LogP contribution is -2.16. The number of hydrogen-bond acceptors (Lipinski definition) is 7. The quantitative estimate of drug-likeness (QED) is 0.435. The van der Waals surface area contributed by atoms with Crippen molar-refractivity contribution in [3.05, 3.63) is 47.4 Å². The van der Waals surface area contributed by atoms with E-state index < -0.39 is 12.2 Å². The van der Waals surface area contributed by atoms with Crippen LogP contribution in [0.4, 0.5) is 10.3 Å². The van der Waals surface area contributed by atoms with Crippen molar-refractivity contribution >= 4 is 30.3 Å². The Labute approximate surface area is 181 Å². The van der Waals surface area contributed by atoms with Gasteiger partial charge in [0, 0.05) is 37.3 Å². The molecule has 0 bridgehead atoms. The zero-order valence-electron chi connectivity index (χ0n) is 17.6. The predicted octanol–water partition coefficient (Wildman–Crippen LogP) is 3.83. The lowest BCUT2D eigenvalue weighted by atomic mass is 9.97. The van der Waals surface area contributed by atoms with Crippen LogP contribution in [-0.2, 0) is 4.79 Å². The number of carbonyl (C=O) groups excluding carboxylic acids is 1. The van der Waals surface area contributed by atoms with Crippen LogP contribution >= 0.6 is 11.9 Å². The lowest BCUT2D eigenvalue weighted by molar-refractivity contribution is -0.109. The van der Waals surface area contributed by atoms with Gasteiger partial charge in [-0.15, -0.1) is 0 Å². The van der Waals surface area contributed by atoms with Crippen molar-refractivity contribution in [1.29, 1.82) is 0 Å². The van der Waals surface area contributed by atoms with Gasteiger partial charge in [0.1, 0.15) is 12.1 Å². The van der Waals surface area contributed by atoms with Gasteiger partial charge < -0.3 is 15.0 Å². The summed E-state index contributed by atoms with van der Waals surface area (Å²) in [5.41, 5.74) is 2.86. The Kier molecular flexibility index (Phi) is 8.95. The first-order valence-corrected chi connectivity index (χ1v) is 10.9. The first-order valence-electron chi connectivity index (χ1n) is 9.70. The van der Waals surface area contributed by atoms with E-state index in [9.17, 15) is 19.4 Å². The minimum absolute atomic E-state index is 0.0260. The van der Waals surface area contributed by atoms with E-state index in [0.717, 1.165) is 16.8 Å². The fourth-order valence-electron chi connectivity index (χ4n) is 2.90. The average molecular weight is 434 g/mol. The Morgan fingerprint density at radius 2 is 1.87 bits per heavy atom. The number of carbonyl (C=O) groups is 1. The molecule has 1 aromatic heterocycles. The van der Waals surface area contributed by atoms with Gasteiger partial charge in [-0.3, -0.25) is 4.31 Å². The highest BCUT2D eigenvalue weighted by Gasteiger charge is 2.19. The first-order chi connectivity index (χ1) is 14.3. The van der Waals surface area contributed by atoms with Crippen molar-refractivity contribution in [3.8, 4) is 11.3 Å². The fraction of sp³-hybridized carbons (Fsp3) is 0.409. The van der Waals surface area contributed by atoms with Gasteiger partial charge in [0.05, 0.1) is 23.6 Å². The zero-order valence-corrected chi connectivity index (χ0v) is 18.4. The van der Waals surface area contributed by atoms with E-state index in [1.165, 1.54) is 24.1 Å². The summed E-state index contributed by atoms with van der Waals surface area (Å²) in [6.07, 6.45) is 4.02. The lowest BCUT2D eigenvalue weighted by Gasteiger charge is -2.20. The van der Waals surface area contributed by atoms with Gasteiger partial charge in [0.2, 0.25) is 5.95 Å². The van der Waals surface area contributed by atoms with Crippen LogP contribution in [0.3, 0.4) is 0 Å². The number of aliphatic hydroxyl groups is 2. The summed E-state index contributed by atoms with van der Waals surface area (Å²) in [6.45, 7) is 4.03. The molecule has 0 saturated carbocycles. The van der Waals surface area contributed by atoms with Gasteiger partial charge in [-0.25, -0.2) is 14.4 Å². The van der Waals surface area contributed by atoms with Crippen LogP contribution in [0, 0.1) is 5.82 Å². The second-order valence-electron chi connectivity index (χ2n) is 7.23. The topological polar surface area (TPSA) is 86.5 Å². The second-order valence-corrected chi connectivity index (χ2v) is 8.14. The molecule has 2 N–H and O–H groups in total. The number of aliphatic hydroxyl groups excluding tert-OH is 2. The molecule has 1 heterocycles. The molecule has 0 aliphatic heterocycles. The number of benzene rings is 1. The molecule has 2 atom stereocenters. The van der Waals surface area contributed by atoms with Crippen LogP contribution in [0.5, 0.6) is 0 Å². The average Bonchev–Trinajstić information content (AvgIpc) is 2.71. The van der Waals surface area contributed by atoms with Crippen molar-refractivity contribution in [3.63, 3.8) is 0 Å². The molecule has 2 unspecified atom stereocenters. The molecule has 0 radical (unpaired) electrons. The summed E-state index contributed by atoms with van der Waals surface area (Å²) in [7, 11) is 1.87. The second kappa shape index (κ2) is 11.2. The van der Waals surface area contributed by atoms with E-state index in [2.05, 4.69) is 0 Å². The van der Waals surface area contributed by atoms with Crippen LogP contribution in [0.1, 0.15) is 43.9 Å². The van der Waals surface area contributed by atoms with Crippen molar-refractivity contribution in [2.24, 2.45) is 0 Å². The highest BCUT2D eigenvalue weighted by atomic mass is 32.2. The van der Waals surface area contributed by atoms with Crippen LogP contribution in [0.25, 0.3) is 17.3 Å². The van der Waals surface area contributed by atoms with Crippen molar-refractivity contribution in [1.82, 2.24) is 9.97 Å². The molecular formula is C22H28FN3O3S. The van der Waals surface area contributed by atoms with E-state index in [1.807, 2.05) is 31.5 Å². The monoisotopic (exact) mass is 433 g/mol. The van der Waals surface area contributed by atoms with E-state index >= 15 is 0 Å². The number of aromatic nitrogens is 2. The van der Waals surface area contributed by atoms with Crippen LogP contribution in [0.15, 0.2) is 30.3 Å². The van der Waals surface area contributed by atoms with E-state index in [-0.39, 0.29) is 24.6 Å². The van der Waals surface area contributed by atoms with Gasteiger partial charge >= 0.3 is 0 Å². The summed E-state index contributed by atoms with van der Waals surface area (Å²) >= 11 is 1.47. The van der Waals surface area contributed by atoms with Crippen LogP contribution < -0.4 is 4.31 Å². The maximum absolute atomic E-state index is 13.5. The SMILES string of the molecule is CSN(C)c1nc(-c2ccc(F)cc2)c(/C=C/C(O)CC(O)CC=O)c(C(C)C)n1. The van der Waals surface area contributed by atoms with Gasteiger partial charge in [0.25, 0.3) is 0 Å². The zero-order chi connectivity index (χ0) is 22.3. The number of halogens is 1. The molecule has 6 nitrogen and oxygen atoms in total. The Morgan fingerprint density at radius 3 is 2.43 bits per heavy atom. The standard InChI is InChI=1S/C22H28FN3O3S/c1-14(2)20-19(10-9-17(28)13-18(29)11-12-27)21(15-5-7-16(23)8-6-15)25-22(24-20)26(3)30-4/h5-10,12,14,17-18,28-29H,11,13H2,1-4H3/b10-9+. The predicted molar refractivity (Wildman–Crippen MR) is 120 cm³/mol. The van der Waals surface area contributed by atoms with Crippen molar-refractivity contribution in [2.75, 3.05) is 17.6 Å². The summed E-state index contributed by atoms with van der Waals surface area (Å²) in [5.74, 6) is 0.262. The van der Waals surface area contributed by atoms with Crippen molar-refractivity contribution < 1.29 is 19.4 Å². The molecule has 2 aromatic rings. The third-order valence-electron chi connectivity index (χ3n) is 4.55. The largest absolute Gasteiger partial charge is 0.393 e. The molecule has 30 heavy (non-hydrogen) atoms. The minimum atomic E-state index is -0.936. The number of aldehydes is 1. The molecule has 0 aliphatic rings. The molecule has 2 rings (SSSR count). The number of hydrogen-bond donors (Lipinski definition) is 2. The molecule has 0 fully saturated rings. The molecular weight excluding hydrogens is 405 g/mol. The Morgan fingerprint density at radius 1 is 1.20 bits per heavy atom. The third-order valence-corrected chi connectivity index (χ3v) is 5.26. The first kappa shape index (κ1) is 24.0. The number of rotatable bonds is 10. The summed E-state index contributed by atoms with van der Waals surface area (Å²) in [6, 6.07) is 6.07. The maximum atomic E-state index is 13.5. The normalized spacial score (nSPS) is 13.6. The maximum Gasteiger partial charge on any atom is 0.236 e. The summed E-state index contributed by atoms with van der Waals surface area (Å²) in [4.78, 5) is 19.9. The molecule has 0 spiro atoms. The van der Waals surface area contributed by atoms with Gasteiger partial charge in [-0.05, 0) is 30.2 Å². The van der Waals surface area contributed by atoms with Crippen LogP contribution in [-0.4, -0.2) is 52.0 Å². The Bertz CT molecular complexity index is 875. The summed E-state index contributed by atoms with van der Waals surface area (Å²) < 4.78 is 15.3. The summed E-state index contributed by atoms with van der Waals surface area (Å²) in [5, 5.41) is 20.0. The third kappa shape index (κ3) is 6.35. The fourth-order valence-corrected chi connectivity index (χ4v) is 3.15. The Hall–Kier alpha value is -2.29. The van der Waals surface area contributed by atoms with Crippen LogP contribution in [0.2, 0.25) is 0 Å². The molecule has 1 aromatic carbocycles. The minimum Gasteiger partial charge on any atom is -0.393 e. The Balaban J connectivity index is 2.56. The molecule has 8 heteroatoms. The molecule has 162 valence electrons. The van der Waals surface area contributed by atoms with E-state index in [1.54, 1.807) is 24.3 Å². The van der Waals surface area contributed by atoms with Gasteiger partial charge in [0.15, 0.2) is 0 Å². The van der Waals surface area contributed by atoms with Gasteiger partial charge in [-0.2, -0.15) is 0 Å². The number of anilines is 1. The van der Waals surface area contributed by atoms with E-state index in [0.29, 0.717) is 17.9 Å². The molecule has 0 saturated heterocycles.